The fraction of sp³-hybridized carbons (Fsp3) is 0.150. The summed E-state index contributed by atoms with van der Waals surface area (Å²) in [6.45, 7) is 1.83. The van der Waals surface area contributed by atoms with Crippen LogP contribution in [-0.4, -0.2) is 23.6 Å². The number of hydrogen-bond acceptors (Lipinski definition) is 2. The second-order valence-corrected chi connectivity index (χ2v) is 6.00. The molecule has 24 heavy (non-hydrogen) atoms. The summed E-state index contributed by atoms with van der Waals surface area (Å²) in [7, 11) is 4.06. The largest absolute Gasteiger partial charge is 0.378 e. The van der Waals surface area contributed by atoms with Crippen LogP contribution in [0.5, 0.6) is 0 Å². The van der Waals surface area contributed by atoms with Crippen LogP contribution < -0.4 is 10.5 Å². The molecule has 0 aromatic heterocycles. The molecule has 4 heteroatoms. The first-order valence-electron chi connectivity index (χ1n) is 7.87. The molecule has 1 aromatic rings. The molecule has 3 rings (SSSR count). The molecule has 0 atom stereocenters. The van der Waals surface area contributed by atoms with Crippen molar-refractivity contribution in [2.75, 3.05) is 19.0 Å². The van der Waals surface area contributed by atoms with Crippen molar-refractivity contribution >= 4 is 17.8 Å². The van der Waals surface area contributed by atoms with Gasteiger partial charge in [-0.25, -0.2) is 0 Å². The van der Waals surface area contributed by atoms with E-state index in [1.54, 1.807) is 4.57 Å². The van der Waals surface area contributed by atoms with Crippen molar-refractivity contribution in [2.24, 2.45) is 0 Å². The molecule has 0 radical (unpaired) electrons. The van der Waals surface area contributed by atoms with Crippen LogP contribution in [0.3, 0.4) is 0 Å². The summed E-state index contributed by atoms with van der Waals surface area (Å²) in [5.41, 5.74) is 4.87. The zero-order valence-electron chi connectivity index (χ0n) is 14.2. The van der Waals surface area contributed by atoms with E-state index in [1.165, 1.54) is 5.69 Å². The topological polar surface area (TPSA) is 41.0 Å². The van der Waals surface area contributed by atoms with Crippen LogP contribution in [0, 0.1) is 6.92 Å². The van der Waals surface area contributed by atoms with Gasteiger partial charge in [-0.05, 0) is 36.8 Å². The van der Waals surface area contributed by atoms with Gasteiger partial charge in [0.15, 0.2) is 0 Å². The van der Waals surface area contributed by atoms with Crippen molar-refractivity contribution in [3.63, 3.8) is 0 Å². The fourth-order valence-electron chi connectivity index (χ4n) is 2.54. The van der Waals surface area contributed by atoms with Crippen LogP contribution in [0.25, 0.3) is 17.8 Å². The van der Waals surface area contributed by atoms with Crippen LogP contribution in [0.2, 0.25) is 0 Å². The van der Waals surface area contributed by atoms with Gasteiger partial charge in [0.05, 0.1) is 11.4 Å². The van der Waals surface area contributed by atoms with Gasteiger partial charge < -0.3 is 9.88 Å². The van der Waals surface area contributed by atoms with Crippen molar-refractivity contribution < 1.29 is 0 Å². The molecule has 2 aliphatic rings. The van der Waals surface area contributed by atoms with Gasteiger partial charge in [-0.2, -0.15) is 0 Å². The first-order valence-corrected chi connectivity index (χ1v) is 7.87. The van der Waals surface area contributed by atoms with Gasteiger partial charge in [0.2, 0.25) is 0 Å². The number of aryl methyl sites for hydroxylation is 1. The summed E-state index contributed by atoms with van der Waals surface area (Å²) in [5.74, 6) is 0. The minimum absolute atomic E-state index is 0.0326. The number of nitrogens with one attached hydrogen (secondary N) is 1. The number of rotatable bonds is 4. The summed E-state index contributed by atoms with van der Waals surface area (Å²) >= 11 is 0. The molecule has 1 N–H and O–H groups in total. The van der Waals surface area contributed by atoms with Gasteiger partial charge in [-0.3, -0.25) is 9.36 Å². The Labute approximate surface area is 141 Å². The molecule has 0 amide bonds. The lowest BCUT2D eigenvalue weighted by atomic mass is 10.2. The lowest BCUT2D eigenvalue weighted by Crippen LogP contribution is -2.13. The minimum Gasteiger partial charge on any atom is -0.378 e. The molecule has 0 saturated carbocycles. The van der Waals surface area contributed by atoms with Crippen molar-refractivity contribution in [1.82, 2.24) is 9.55 Å². The summed E-state index contributed by atoms with van der Waals surface area (Å²) in [5, 5.41) is 0. The van der Waals surface area contributed by atoms with Crippen molar-refractivity contribution in [2.45, 2.75) is 6.92 Å². The number of nitrogens with zero attached hydrogens (tertiary/aromatic N) is 2. The van der Waals surface area contributed by atoms with Crippen LogP contribution in [0.4, 0.5) is 5.69 Å². The second-order valence-electron chi connectivity index (χ2n) is 6.00. The molecule has 0 bridgehead atoms. The maximum atomic E-state index is 12.0. The summed E-state index contributed by atoms with van der Waals surface area (Å²) in [4.78, 5) is 17.2. The van der Waals surface area contributed by atoms with E-state index in [0.717, 1.165) is 22.5 Å². The van der Waals surface area contributed by atoms with Gasteiger partial charge in [0.1, 0.15) is 0 Å². The average Bonchev–Trinajstić information content (AvgIpc) is 2.86. The Morgan fingerprint density at radius 1 is 1.08 bits per heavy atom. The van der Waals surface area contributed by atoms with Gasteiger partial charge in [0, 0.05) is 37.7 Å². The monoisotopic (exact) mass is 319 g/mol. The van der Waals surface area contributed by atoms with Crippen molar-refractivity contribution in [1.29, 1.82) is 0 Å². The van der Waals surface area contributed by atoms with Gasteiger partial charge >= 0.3 is 0 Å². The smallest absolute Gasteiger partial charge is 0.258 e. The zero-order chi connectivity index (χ0) is 17.1. The molecule has 0 spiro atoms. The fourth-order valence-corrected chi connectivity index (χ4v) is 2.54. The maximum absolute atomic E-state index is 12.0. The van der Waals surface area contributed by atoms with Crippen molar-refractivity contribution in [3.05, 3.63) is 82.1 Å². The van der Waals surface area contributed by atoms with Crippen molar-refractivity contribution in [3.8, 4) is 5.69 Å². The highest BCUT2D eigenvalue weighted by Gasteiger charge is 2.08. The van der Waals surface area contributed by atoms with Crippen LogP contribution >= 0.6 is 0 Å². The Morgan fingerprint density at radius 2 is 1.79 bits per heavy atom. The van der Waals surface area contributed by atoms with E-state index in [0.29, 0.717) is 0 Å². The van der Waals surface area contributed by atoms with E-state index in [9.17, 15) is 4.79 Å². The standard InChI is InChI=1S/C20H21N3O/c1-15-12-19-13-21-17(14-23(19)20(15)24)7-5-4-6-16-8-10-18(11-9-16)22(2)3/h4-14,21H,1-3H3/b6-4+,7-5+. The Bertz CT molecular complexity index is 911. The third-order valence-corrected chi connectivity index (χ3v) is 3.94. The average molecular weight is 319 g/mol. The van der Waals surface area contributed by atoms with E-state index in [2.05, 4.69) is 34.1 Å². The molecular formula is C20H21N3O. The minimum atomic E-state index is 0.0326. The molecule has 0 fully saturated rings. The molecule has 0 unspecified atom stereocenters. The van der Waals surface area contributed by atoms with Crippen LogP contribution in [0.1, 0.15) is 16.8 Å². The predicted molar refractivity (Wildman–Crippen MR) is 101 cm³/mol. The number of aromatic nitrogens is 2. The van der Waals surface area contributed by atoms with E-state index in [-0.39, 0.29) is 5.56 Å². The summed E-state index contributed by atoms with van der Waals surface area (Å²) < 4.78 is 1.66. The highest BCUT2D eigenvalue weighted by atomic mass is 16.1. The molecule has 2 heterocycles. The Hall–Kier alpha value is -3.01. The van der Waals surface area contributed by atoms with Gasteiger partial charge in [0.25, 0.3) is 5.56 Å². The van der Waals surface area contributed by atoms with E-state index in [4.69, 9.17) is 0 Å². The number of fused-ring (bicyclic) bond motifs is 1. The quantitative estimate of drug-likeness (QED) is 0.745. The van der Waals surface area contributed by atoms with Gasteiger partial charge in [-0.1, -0.05) is 30.4 Å². The lowest BCUT2D eigenvalue weighted by molar-refractivity contribution is 0.976. The van der Waals surface area contributed by atoms with Crippen LogP contribution in [0.15, 0.2) is 59.7 Å². The number of H-pyrrole nitrogens is 1. The number of allylic oxidation sites excluding steroid dienone is 2. The molecule has 122 valence electrons. The normalized spacial score (nSPS) is 11.8. The Balaban J connectivity index is 1.73. The first kappa shape index (κ1) is 15.9. The second kappa shape index (κ2) is 6.62. The predicted octanol–water partition coefficient (Wildman–Crippen LogP) is 3.70. The number of hydrogen-bond donors (Lipinski definition) is 1. The first-order chi connectivity index (χ1) is 11.5. The molecule has 2 aliphatic heterocycles. The maximum Gasteiger partial charge on any atom is 0.258 e. The highest BCUT2D eigenvalue weighted by Crippen LogP contribution is 2.13. The van der Waals surface area contributed by atoms with E-state index >= 15 is 0 Å². The molecule has 4 nitrogen and oxygen atoms in total. The third-order valence-electron chi connectivity index (χ3n) is 3.94. The summed E-state index contributed by atoms with van der Waals surface area (Å²) in [6, 6.07) is 10.2. The molecule has 0 aliphatic carbocycles. The van der Waals surface area contributed by atoms with Gasteiger partial charge in [-0.15, -0.1) is 0 Å². The molecule has 1 aromatic carbocycles. The lowest BCUT2D eigenvalue weighted by Gasteiger charge is -2.11. The number of aromatic amines is 1. The Kier molecular flexibility index (Phi) is 4.38. The van der Waals surface area contributed by atoms with E-state index in [1.807, 2.05) is 63.8 Å². The summed E-state index contributed by atoms with van der Waals surface area (Å²) in [6.07, 6.45) is 11.6. The van der Waals surface area contributed by atoms with Crippen LogP contribution in [-0.2, 0) is 0 Å². The zero-order valence-corrected chi connectivity index (χ0v) is 14.2. The highest BCUT2D eigenvalue weighted by molar-refractivity contribution is 5.58. The number of benzene rings is 1. The molecular weight excluding hydrogens is 298 g/mol. The van der Waals surface area contributed by atoms with E-state index < -0.39 is 0 Å². The molecule has 0 saturated heterocycles. The number of anilines is 1. The third kappa shape index (κ3) is 3.33. The Morgan fingerprint density at radius 3 is 2.50 bits per heavy atom. The SMILES string of the molecule is Cc1cc2c[nH]c(/C=C/C=C/c3ccc(N(C)C)cc3)cn-2c1=O.